The van der Waals surface area contributed by atoms with E-state index < -0.39 is 16.6 Å². The molecule has 0 aromatic heterocycles. The van der Waals surface area contributed by atoms with Crippen molar-refractivity contribution >= 4 is 22.5 Å². The van der Waals surface area contributed by atoms with Gasteiger partial charge in [-0.3, -0.25) is 4.79 Å². The van der Waals surface area contributed by atoms with Gasteiger partial charge in [-0.1, -0.05) is 54.5 Å². The summed E-state index contributed by atoms with van der Waals surface area (Å²) in [5, 5.41) is 2.93. The maximum Gasteiger partial charge on any atom is 0.250 e. The van der Waals surface area contributed by atoms with Crippen LogP contribution >= 0.6 is 0 Å². The van der Waals surface area contributed by atoms with Gasteiger partial charge in [0.25, 0.3) is 16.6 Å². The van der Waals surface area contributed by atoms with E-state index in [1.165, 1.54) is 0 Å². The lowest BCUT2D eigenvalue weighted by molar-refractivity contribution is -0.123. The lowest BCUT2D eigenvalue weighted by atomic mass is 10.00. The first-order valence-electron chi connectivity index (χ1n) is 10.6. The largest absolute Gasteiger partial charge is 0.541 e. The molecule has 1 atom stereocenters. The molecule has 1 unspecified atom stereocenters. The predicted octanol–water partition coefficient (Wildman–Crippen LogP) is 6.38. The van der Waals surface area contributed by atoms with Crippen LogP contribution in [0.4, 0.5) is 0 Å². The third-order valence-electron chi connectivity index (χ3n) is 6.59. The van der Waals surface area contributed by atoms with E-state index in [1.54, 1.807) is 7.05 Å². The molecule has 0 spiro atoms. The average Bonchev–Trinajstić information content (AvgIpc) is 2.53. The molecule has 166 valence electrons. The van der Waals surface area contributed by atoms with Crippen LogP contribution in [-0.4, -0.2) is 29.6 Å². The highest BCUT2D eigenvalue weighted by Crippen LogP contribution is 2.43. The minimum absolute atomic E-state index is 0.0541. The molecule has 0 radical (unpaired) electrons. The molecule has 29 heavy (non-hydrogen) atoms. The summed E-state index contributed by atoms with van der Waals surface area (Å²) in [5.74, 6) is 1.62. The van der Waals surface area contributed by atoms with E-state index in [2.05, 4.69) is 85.2 Å². The minimum atomic E-state index is -2.03. The molecule has 0 bridgehead atoms. The molecule has 4 nitrogen and oxygen atoms in total. The fourth-order valence-corrected chi connectivity index (χ4v) is 4.43. The van der Waals surface area contributed by atoms with E-state index in [9.17, 15) is 4.79 Å². The topological polar surface area (TPSA) is 47.6 Å². The Balaban J connectivity index is 3.36. The number of rotatable bonds is 7. The van der Waals surface area contributed by atoms with Gasteiger partial charge in [0.2, 0.25) is 5.91 Å². The summed E-state index contributed by atoms with van der Waals surface area (Å²) >= 11 is 0. The van der Waals surface area contributed by atoms with Crippen molar-refractivity contribution < 1.29 is 13.6 Å². The number of carbonyl (C=O) groups excluding carboxylic acids is 1. The molecule has 1 aromatic carbocycles. The Morgan fingerprint density at radius 3 is 1.79 bits per heavy atom. The van der Waals surface area contributed by atoms with E-state index >= 15 is 0 Å². The van der Waals surface area contributed by atoms with Crippen LogP contribution in [0.3, 0.4) is 0 Å². The maximum absolute atomic E-state index is 12.0. The summed E-state index contributed by atoms with van der Waals surface area (Å²) in [5.41, 5.74) is 1.09. The molecule has 0 aliphatic carbocycles. The second-order valence-electron chi connectivity index (χ2n) is 11.2. The molecular weight excluding hydrogens is 394 g/mol. The zero-order valence-electron chi connectivity index (χ0n) is 20.7. The van der Waals surface area contributed by atoms with Gasteiger partial charge in [-0.05, 0) is 60.4 Å². The van der Waals surface area contributed by atoms with Gasteiger partial charge in [-0.25, -0.2) is 0 Å². The quantitative estimate of drug-likeness (QED) is 0.503. The summed E-state index contributed by atoms with van der Waals surface area (Å²) in [4.78, 5) is 12.0. The third-order valence-corrected chi connectivity index (χ3v) is 15.3. The Labute approximate surface area is 181 Å². The summed E-state index contributed by atoms with van der Waals surface area (Å²) in [7, 11) is -2.35. The molecule has 0 aliphatic rings. The normalized spacial score (nSPS) is 14.3. The van der Waals surface area contributed by atoms with Crippen LogP contribution in [0.1, 0.15) is 54.0 Å². The van der Waals surface area contributed by atoms with Gasteiger partial charge in [0.05, 0.1) is 0 Å². The highest BCUT2D eigenvalue weighted by Gasteiger charge is 2.42. The molecule has 1 amide bonds. The monoisotopic (exact) mass is 437 g/mol. The third kappa shape index (κ3) is 6.61. The van der Waals surface area contributed by atoms with E-state index in [-0.39, 0.29) is 21.9 Å². The molecular formula is C23H43NO3Si2. The van der Waals surface area contributed by atoms with E-state index in [1.807, 2.05) is 13.0 Å². The Morgan fingerprint density at radius 2 is 1.38 bits per heavy atom. The average molecular weight is 438 g/mol. The molecule has 0 saturated heterocycles. The lowest BCUT2D eigenvalue weighted by Gasteiger charge is -2.39. The second kappa shape index (κ2) is 8.84. The van der Waals surface area contributed by atoms with Gasteiger partial charge in [-0.15, -0.1) is 0 Å². The van der Waals surface area contributed by atoms with E-state index in [0.29, 0.717) is 6.42 Å². The number of amides is 1. The van der Waals surface area contributed by atoms with Crippen LogP contribution in [0.15, 0.2) is 18.2 Å². The molecule has 0 saturated carbocycles. The number of benzene rings is 1. The molecule has 1 N–H and O–H groups in total. The first-order valence-corrected chi connectivity index (χ1v) is 16.5. The SMILES string of the molecule is CNC(=O)C(C)Cc1ccc(O[Si](C)(C)C(C)(C)C)c(O[Si](C)(C)C(C)(C)C)c1. The fraction of sp³-hybridized carbons (Fsp3) is 0.696. The van der Waals surface area contributed by atoms with E-state index in [4.69, 9.17) is 8.85 Å². The number of carbonyl (C=O) groups is 1. The van der Waals surface area contributed by atoms with E-state index in [0.717, 1.165) is 17.1 Å². The van der Waals surface area contributed by atoms with Crippen molar-refractivity contribution in [3.63, 3.8) is 0 Å². The van der Waals surface area contributed by atoms with Crippen LogP contribution in [0.2, 0.25) is 36.3 Å². The molecule has 6 heteroatoms. The van der Waals surface area contributed by atoms with Crippen molar-refractivity contribution in [2.45, 2.75) is 91.2 Å². The highest BCUT2D eigenvalue weighted by molar-refractivity contribution is 6.75. The zero-order chi connectivity index (χ0) is 22.8. The van der Waals surface area contributed by atoms with Crippen LogP contribution in [0.5, 0.6) is 11.5 Å². The van der Waals surface area contributed by atoms with Gasteiger partial charge >= 0.3 is 0 Å². The standard InChI is InChI=1S/C23H43NO3Si2/c1-17(21(25)24-8)15-18-13-14-19(26-28(9,10)22(2,3)4)20(16-18)27-29(11,12)23(5,6)7/h13-14,16-17H,15H2,1-12H3,(H,24,25). The first kappa shape index (κ1) is 25.8. The lowest BCUT2D eigenvalue weighted by Crippen LogP contribution is -2.45. The summed E-state index contributed by atoms with van der Waals surface area (Å²) < 4.78 is 13.3. The number of nitrogens with one attached hydrogen (secondary N) is 1. The minimum Gasteiger partial charge on any atom is -0.541 e. The van der Waals surface area contributed by atoms with Crippen molar-refractivity contribution in [1.29, 1.82) is 0 Å². The van der Waals surface area contributed by atoms with Crippen LogP contribution in [0.25, 0.3) is 0 Å². The zero-order valence-corrected chi connectivity index (χ0v) is 22.7. The fourth-order valence-electron chi connectivity index (χ4n) is 2.39. The molecule has 0 fully saturated rings. The smallest absolute Gasteiger partial charge is 0.250 e. The van der Waals surface area contributed by atoms with Crippen molar-refractivity contribution in [2.75, 3.05) is 7.05 Å². The van der Waals surface area contributed by atoms with Gasteiger partial charge < -0.3 is 14.2 Å². The Bertz CT molecular complexity index is 716. The van der Waals surface area contributed by atoms with Gasteiger partial charge in [0, 0.05) is 13.0 Å². The maximum atomic E-state index is 12.0. The Hall–Kier alpha value is -1.28. The Morgan fingerprint density at radius 1 is 0.931 bits per heavy atom. The first-order chi connectivity index (χ1) is 12.9. The summed E-state index contributed by atoms with van der Waals surface area (Å²) in [6.45, 7) is 24.4. The molecule has 0 aliphatic heterocycles. The number of hydrogen-bond acceptors (Lipinski definition) is 3. The van der Waals surface area contributed by atoms with Crippen molar-refractivity contribution in [3.05, 3.63) is 23.8 Å². The molecule has 1 rings (SSSR count). The summed E-state index contributed by atoms with van der Waals surface area (Å²) in [6.07, 6.45) is 0.675. The van der Waals surface area contributed by atoms with Crippen LogP contribution < -0.4 is 14.2 Å². The van der Waals surface area contributed by atoms with Gasteiger partial charge in [0.1, 0.15) is 11.5 Å². The van der Waals surface area contributed by atoms with Crippen LogP contribution in [-0.2, 0) is 11.2 Å². The van der Waals surface area contributed by atoms with Crippen molar-refractivity contribution in [1.82, 2.24) is 5.32 Å². The Kier molecular flexibility index (Phi) is 7.85. The second-order valence-corrected chi connectivity index (χ2v) is 20.7. The van der Waals surface area contributed by atoms with Crippen LogP contribution in [0, 0.1) is 5.92 Å². The molecule has 1 aromatic rings. The number of hydrogen-bond donors (Lipinski definition) is 1. The highest BCUT2D eigenvalue weighted by atomic mass is 28.4. The van der Waals surface area contributed by atoms with Gasteiger partial charge in [-0.2, -0.15) is 0 Å². The van der Waals surface area contributed by atoms with Gasteiger partial charge in [0.15, 0.2) is 0 Å². The molecule has 0 heterocycles. The predicted molar refractivity (Wildman–Crippen MR) is 129 cm³/mol. The van der Waals surface area contributed by atoms with Crippen molar-refractivity contribution in [3.8, 4) is 11.5 Å². The van der Waals surface area contributed by atoms with Crippen molar-refractivity contribution in [2.24, 2.45) is 5.92 Å². The summed E-state index contributed by atoms with van der Waals surface area (Å²) in [6, 6.07) is 6.19.